The van der Waals surface area contributed by atoms with Crippen LogP contribution in [0.4, 0.5) is 0 Å². The molecule has 1 saturated heterocycles. The molecule has 0 aromatic heterocycles. The third-order valence-corrected chi connectivity index (χ3v) is 3.56. The van der Waals surface area contributed by atoms with E-state index in [1.807, 2.05) is 29.2 Å². The Morgan fingerprint density at radius 3 is 2.74 bits per heavy atom. The fourth-order valence-corrected chi connectivity index (χ4v) is 2.70. The Bertz CT molecular complexity index is 443. The van der Waals surface area contributed by atoms with Gasteiger partial charge in [0.2, 0.25) is 0 Å². The monoisotopic (exact) mass is 326 g/mol. The molecule has 1 aliphatic heterocycles. The quantitative estimate of drug-likeness (QED) is 0.924. The van der Waals surface area contributed by atoms with E-state index in [0.717, 1.165) is 17.6 Å². The van der Waals surface area contributed by atoms with Crippen LogP contribution in [0.25, 0.3) is 0 Å². The summed E-state index contributed by atoms with van der Waals surface area (Å²) in [5, 5.41) is 3.40. The maximum Gasteiger partial charge on any atom is 0.260 e. The molecule has 1 aromatic rings. The van der Waals surface area contributed by atoms with Crippen molar-refractivity contribution in [1.29, 1.82) is 0 Å². The first kappa shape index (κ1) is 14.3. The minimum atomic E-state index is 0.0418. The Balaban J connectivity index is 1.87. The molecular weight excluding hydrogens is 308 g/mol. The topological polar surface area (TPSA) is 41.6 Å². The van der Waals surface area contributed by atoms with E-state index in [9.17, 15) is 4.79 Å². The van der Waals surface area contributed by atoms with Crippen LogP contribution in [0.3, 0.4) is 0 Å². The van der Waals surface area contributed by atoms with Gasteiger partial charge < -0.3 is 15.0 Å². The molecule has 1 aliphatic rings. The minimum Gasteiger partial charge on any atom is -0.484 e. The van der Waals surface area contributed by atoms with Gasteiger partial charge in [0, 0.05) is 29.6 Å². The second kappa shape index (κ2) is 6.39. The number of amides is 1. The van der Waals surface area contributed by atoms with E-state index in [-0.39, 0.29) is 12.5 Å². The first-order valence-corrected chi connectivity index (χ1v) is 7.26. The molecule has 0 bridgehead atoms. The Morgan fingerprint density at radius 2 is 2.11 bits per heavy atom. The lowest BCUT2D eigenvalue weighted by molar-refractivity contribution is -0.135. The Labute approximate surface area is 122 Å². The normalized spacial score (nSPS) is 23.2. The average Bonchev–Trinajstić information content (AvgIpc) is 2.35. The second-order valence-electron chi connectivity index (χ2n) is 5.01. The zero-order chi connectivity index (χ0) is 13.8. The number of carbonyl (C=O) groups is 1. The van der Waals surface area contributed by atoms with Crippen LogP contribution in [0.2, 0.25) is 0 Å². The summed E-state index contributed by atoms with van der Waals surface area (Å²) in [7, 11) is 0. The van der Waals surface area contributed by atoms with Crippen molar-refractivity contribution in [2.24, 2.45) is 0 Å². The number of rotatable bonds is 3. The smallest absolute Gasteiger partial charge is 0.260 e. The maximum absolute atomic E-state index is 12.1. The van der Waals surface area contributed by atoms with Gasteiger partial charge >= 0.3 is 0 Å². The molecule has 0 saturated carbocycles. The summed E-state index contributed by atoms with van der Waals surface area (Å²) in [6.07, 6.45) is 0. The van der Waals surface area contributed by atoms with Gasteiger partial charge in [-0.15, -0.1) is 0 Å². The summed E-state index contributed by atoms with van der Waals surface area (Å²) in [6.45, 7) is 5.75. The van der Waals surface area contributed by atoms with Gasteiger partial charge in [0.15, 0.2) is 6.61 Å². The number of ether oxygens (including phenoxy) is 1. The van der Waals surface area contributed by atoms with Crippen LogP contribution in [0.1, 0.15) is 13.8 Å². The van der Waals surface area contributed by atoms with Gasteiger partial charge in [-0.05, 0) is 32.0 Å². The van der Waals surface area contributed by atoms with Crippen LogP contribution in [0.15, 0.2) is 28.7 Å². The van der Waals surface area contributed by atoms with Gasteiger partial charge in [0.05, 0.1) is 0 Å². The molecule has 0 radical (unpaired) electrons. The van der Waals surface area contributed by atoms with Crippen molar-refractivity contribution in [2.45, 2.75) is 25.9 Å². The number of hydrogen-bond acceptors (Lipinski definition) is 3. The van der Waals surface area contributed by atoms with Crippen LogP contribution in [0.5, 0.6) is 5.75 Å². The molecule has 1 aromatic carbocycles. The van der Waals surface area contributed by atoms with Gasteiger partial charge in [0.25, 0.3) is 5.91 Å². The predicted octanol–water partition coefficient (Wildman–Crippen LogP) is 2.04. The average molecular weight is 327 g/mol. The zero-order valence-corrected chi connectivity index (χ0v) is 12.8. The first-order chi connectivity index (χ1) is 9.04. The largest absolute Gasteiger partial charge is 0.484 e. The van der Waals surface area contributed by atoms with Crippen molar-refractivity contribution in [3.05, 3.63) is 28.7 Å². The molecule has 4 nitrogen and oxygen atoms in total. The van der Waals surface area contributed by atoms with E-state index in [2.05, 4.69) is 35.1 Å². The molecule has 19 heavy (non-hydrogen) atoms. The number of benzene rings is 1. The van der Waals surface area contributed by atoms with E-state index in [1.54, 1.807) is 0 Å². The predicted molar refractivity (Wildman–Crippen MR) is 78.3 cm³/mol. The summed E-state index contributed by atoms with van der Waals surface area (Å²) < 4.78 is 6.48. The zero-order valence-electron chi connectivity index (χ0n) is 11.2. The summed E-state index contributed by atoms with van der Waals surface area (Å²) in [6, 6.07) is 8.18. The van der Waals surface area contributed by atoms with E-state index < -0.39 is 0 Å². The van der Waals surface area contributed by atoms with Gasteiger partial charge in [-0.1, -0.05) is 22.0 Å². The fourth-order valence-electron chi connectivity index (χ4n) is 2.32. The van der Waals surface area contributed by atoms with Gasteiger partial charge in [-0.2, -0.15) is 0 Å². The van der Waals surface area contributed by atoms with E-state index in [1.165, 1.54) is 0 Å². The molecule has 104 valence electrons. The number of nitrogens with zero attached hydrogens (tertiary/aromatic N) is 1. The number of nitrogens with one attached hydrogen (secondary N) is 1. The van der Waals surface area contributed by atoms with Gasteiger partial charge in [0.1, 0.15) is 5.75 Å². The van der Waals surface area contributed by atoms with Crippen molar-refractivity contribution < 1.29 is 9.53 Å². The lowest BCUT2D eigenvalue weighted by atomic mass is 10.1. The molecule has 0 unspecified atom stereocenters. The van der Waals surface area contributed by atoms with Crippen LogP contribution < -0.4 is 10.1 Å². The molecule has 0 aliphatic carbocycles. The summed E-state index contributed by atoms with van der Waals surface area (Å²) >= 11 is 3.38. The first-order valence-electron chi connectivity index (χ1n) is 6.47. The lowest BCUT2D eigenvalue weighted by Gasteiger charge is -2.36. The van der Waals surface area contributed by atoms with Crippen molar-refractivity contribution in [3.63, 3.8) is 0 Å². The molecule has 2 rings (SSSR count). The highest BCUT2D eigenvalue weighted by molar-refractivity contribution is 9.10. The minimum absolute atomic E-state index is 0.0418. The Morgan fingerprint density at radius 1 is 1.42 bits per heavy atom. The molecule has 1 fully saturated rings. The van der Waals surface area contributed by atoms with Crippen molar-refractivity contribution in [1.82, 2.24) is 10.2 Å². The number of hydrogen-bond donors (Lipinski definition) is 1. The molecule has 1 amide bonds. The van der Waals surface area contributed by atoms with Crippen LogP contribution >= 0.6 is 15.9 Å². The molecule has 2 atom stereocenters. The summed E-state index contributed by atoms with van der Waals surface area (Å²) in [5.74, 6) is 0.749. The summed E-state index contributed by atoms with van der Waals surface area (Å²) in [5.41, 5.74) is 0. The molecular formula is C14H19BrN2O2. The van der Waals surface area contributed by atoms with Crippen LogP contribution in [0, 0.1) is 0 Å². The highest BCUT2D eigenvalue weighted by atomic mass is 79.9. The second-order valence-corrected chi connectivity index (χ2v) is 5.93. The number of halogens is 1. The highest BCUT2D eigenvalue weighted by Gasteiger charge is 2.24. The summed E-state index contributed by atoms with van der Waals surface area (Å²) in [4.78, 5) is 14.0. The third-order valence-electron chi connectivity index (χ3n) is 3.07. The van der Waals surface area contributed by atoms with Crippen molar-refractivity contribution in [3.8, 4) is 5.75 Å². The molecule has 1 heterocycles. The third kappa shape index (κ3) is 4.21. The van der Waals surface area contributed by atoms with E-state index in [0.29, 0.717) is 17.8 Å². The van der Waals surface area contributed by atoms with Crippen molar-refractivity contribution >= 4 is 21.8 Å². The van der Waals surface area contributed by atoms with Crippen LogP contribution in [-0.2, 0) is 4.79 Å². The maximum atomic E-state index is 12.1. The van der Waals surface area contributed by atoms with E-state index in [4.69, 9.17) is 4.74 Å². The Hall–Kier alpha value is -1.07. The standard InChI is InChI=1S/C14H19BrN2O2/c1-10-7-17(8-11(2)16-10)14(18)9-19-13-5-3-4-12(15)6-13/h3-6,10-11,16H,7-9H2,1-2H3/t10-,11-/m0/s1. The van der Waals surface area contributed by atoms with Gasteiger partial charge in [-0.3, -0.25) is 4.79 Å². The fraction of sp³-hybridized carbons (Fsp3) is 0.500. The molecule has 0 spiro atoms. The SMILES string of the molecule is C[C@H]1CN(C(=O)COc2cccc(Br)c2)C[C@H](C)N1. The highest BCUT2D eigenvalue weighted by Crippen LogP contribution is 2.17. The Kier molecular flexibility index (Phi) is 4.82. The molecule has 1 N–H and O–H groups in total. The lowest BCUT2D eigenvalue weighted by Crippen LogP contribution is -2.56. The van der Waals surface area contributed by atoms with Crippen LogP contribution in [-0.4, -0.2) is 42.6 Å². The molecule has 5 heteroatoms. The number of piperazine rings is 1. The van der Waals surface area contributed by atoms with E-state index >= 15 is 0 Å². The number of carbonyl (C=O) groups excluding carboxylic acids is 1. The van der Waals surface area contributed by atoms with Crippen molar-refractivity contribution in [2.75, 3.05) is 19.7 Å². The van der Waals surface area contributed by atoms with Gasteiger partial charge in [-0.25, -0.2) is 0 Å².